The molecule has 4 nitrogen and oxygen atoms in total. The Hall–Kier alpha value is -0.970. The molecule has 1 aromatic heterocycles. The molecule has 0 saturated heterocycles. The highest BCUT2D eigenvalue weighted by molar-refractivity contribution is 6.99. The van der Waals surface area contributed by atoms with E-state index in [1.807, 2.05) is 0 Å². The van der Waals surface area contributed by atoms with Gasteiger partial charge >= 0.3 is 0 Å². The third kappa shape index (κ3) is 0.812. The Morgan fingerprint density at radius 1 is 1.88 bits per heavy atom. The van der Waals surface area contributed by atoms with Crippen LogP contribution >= 0.6 is 11.7 Å². The summed E-state index contributed by atoms with van der Waals surface area (Å²) in [5.74, 6) is -0.529. The molecule has 0 aliphatic carbocycles. The van der Waals surface area contributed by atoms with Gasteiger partial charge in [0.1, 0.15) is 0 Å². The van der Waals surface area contributed by atoms with E-state index in [0.29, 0.717) is 0 Å². The number of amides is 1. The molecule has 0 aliphatic rings. The number of carbonyl (C=O) groups excluding carboxylic acids is 1. The van der Waals surface area contributed by atoms with Gasteiger partial charge in [-0.05, 0) is 0 Å². The minimum atomic E-state index is -0.529. The van der Waals surface area contributed by atoms with Gasteiger partial charge in [-0.1, -0.05) is 0 Å². The zero-order valence-electron chi connectivity index (χ0n) is 3.87. The van der Waals surface area contributed by atoms with Crippen LogP contribution < -0.4 is 5.73 Å². The van der Waals surface area contributed by atoms with Crippen LogP contribution in [0.15, 0.2) is 6.20 Å². The summed E-state index contributed by atoms with van der Waals surface area (Å²) < 4.78 is 7.14. The largest absolute Gasteiger partial charge is 0.364 e. The first kappa shape index (κ1) is 5.17. The van der Waals surface area contributed by atoms with Gasteiger partial charge in [-0.25, -0.2) is 0 Å². The fraction of sp³-hybridized carbons (Fsp3) is 0. The van der Waals surface area contributed by atoms with E-state index >= 15 is 0 Å². The van der Waals surface area contributed by atoms with Crippen molar-refractivity contribution in [3.63, 3.8) is 0 Å². The number of nitrogens with zero attached hydrogens (tertiary/aromatic N) is 2. The maximum absolute atomic E-state index is 10.2. The lowest BCUT2D eigenvalue weighted by molar-refractivity contribution is 0.0996. The number of nitrogens with two attached hydrogens (primary N) is 1. The molecule has 2 N–H and O–H groups in total. The average Bonchev–Trinajstić information content (AvgIpc) is 2.12. The third-order valence-corrected chi connectivity index (χ3v) is 1.09. The number of rotatable bonds is 1. The number of primary amides is 1. The number of hydrogen-bond donors (Lipinski definition) is 1. The molecule has 0 atom stereocenters. The van der Waals surface area contributed by atoms with E-state index in [9.17, 15) is 4.79 Å². The SMILES string of the molecule is NC(=O)c1cnsn1. The molecule has 1 rings (SSSR count). The Kier molecular flexibility index (Phi) is 1.21. The van der Waals surface area contributed by atoms with E-state index in [1.54, 1.807) is 0 Å². The lowest BCUT2D eigenvalue weighted by Crippen LogP contribution is -2.10. The Labute approximate surface area is 49.7 Å². The van der Waals surface area contributed by atoms with Crippen LogP contribution in [0.2, 0.25) is 0 Å². The van der Waals surface area contributed by atoms with Crippen LogP contribution in [0, 0.1) is 0 Å². The topological polar surface area (TPSA) is 68.9 Å². The molecule has 1 aromatic rings. The van der Waals surface area contributed by atoms with Gasteiger partial charge in [-0.3, -0.25) is 4.79 Å². The molecule has 5 heteroatoms. The first-order valence-corrected chi connectivity index (χ1v) is 2.61. The van der Waals surface area contributed by atoms with Gasteiger partial charge in [0.25, 0.3) is 5.91 Å². The van der Waals surface area contributed by atoms with Crippen LogP contribution in [0.4, 0.5) is 0 Å². The highest BCUT2D eigenvalue weighted by Gasteiger charge is 1.99. The first-order valence-electron chi connectivity index (χ1n) is 1.88. The van der Waals surface area contributed by atoms with Crippen molar-refractivity contribution < 1.29 is 4.79 Å². The number of hydrogen-bond acceptors (Lipinski definition) is 4. The van der Waals surface area contributed by atoms with Crippen molar-refractivity contribution in [3.05, 3.63) is 11.9 Å². The van der Waals surface area contributed by atoms with Crippen LogP contribution in [-0.2, 0) is 0 Å². The predicted octanol–water partition coefficient (Wildman–Crippen LogP) is -0.363. The molecular weight excluding hydrogens is 126 g/mol. The summed E-state index contributed by atoms with van der Waals surface area (Å²) >= 11 is 0.967. The quantitative estimate of drug-likeness (QED) is 0.562. The molecule has 0 saturated carbocycles. The fourth-order valence-electron chi connectivity index (χ4n) is 0.273. The molecule has 0 fully saturated rings. The van der Waals surface area contributed by atoms with Gasteiger partial charge in [0, 0.05) is 0 Å². The van der Waals surface area contributed by atoms with Crippen LogP contribution in [0.5, 0.6) is 0 Å². The molecule has 0 unspecified atom stereocenters. The maximum atomic E-state index is 10.2. The minimum Gasteiger partial charge on any atom is -0.364 e. The van der Waals surface area contributed by atoms with Gasteiger partial charge in [0.05, 0.1) is 17.9 Å². The molecule has 0 aromatic carbocycles. The van der Waals surface area contributed by atoms with Crippen LogP contribution in [0.25, 0.3) is 0 Å². The van der Waals surface area contributed by atoms with Crippen LogP contribution in [-0.4, -0.2) is 14.7 Å². The second-order valence-electron chi connectivity index (χ2n) is 1.16. The van der Waals surface area contributed by atoms with Gasteiger partial charge in [0.2, 0.25) is 0 Å². The van der Waals surface area contributed by atoms with Crippen molar-refractivity contribution in [1.82, 2.24) is 8.75 Å². The van der Waals surface area contributed by atoms with Crippen molar-refractivity contribution in [1.29, 1.82) is 0 Å². The minimum absolute atomic E-state index is 0.231. The lowest BCUT2D eigenvalue weighted by Gasteiger charge is -1.77. The Bertz CT molecular complexity index is 182. The molecule has 8 heavy (non-hydrogen) atoms. The summed E-state index contributed by atoms with van der Waals surface area (Å²) in [6, 6.07) is 0. The fourth-order valence-corrected chi connectivity index (χ4v) is 0.692. The van der Waals surface area contributed by atoms with Crippen molar-refractivity contribution >= 4 is 17.6 Å². The molecule has 42 valence electrons. The molecular formula is C3H3N3OS. The van der Waals surface area contributed by atoms with E-state index in [1.165, 1.54) is 6.20 Å². The summed E-state index contributed by atoms with van der Waals surface area (Å²) in [5, 5.41) is 0. The highest BCUT2D eigenvalue weighted by Crippen LogP contribution is 1.90. The Morgan fingerprint density at radius 2 is 2.62 bits per heavy atom. The van der Waals surface area contributed by atoms with Crippen molar-refractivity contribution in [2.75, 3.05) is 0 Å². The zero-order chi connectivity index (χ0) is 5.98. The standard InChI is InChI=1S/C3H3N3OS/c4-3(7)2-1-5-8-6-2/h1H,(H2,4,7). The summed E-state index contributed by atoms with van der Waals surface area (Å²) in [4.78, 5) is 10.2. The normalized spacial score (nSPS) is 9.00. The predicted molar refractivity (Wildman–Crippen MR) is 28.4 cm³/mol. The van der Waals surface area contributed by atoms with Crippen LogP contribution in [0.3, 0.4) is 0 Å². The van der Waals surface area contributed by atoms with Gasteiger partial charge in [-0.2, -0.15) is 8.75 Å². The summed E-state index contributed by atoms with van der Waals surface area (Å²) in [6.45, 7) is 0. The summed E-state index contributed by atoms with van der Waals surface area (Å²) in [6.07, 6.45) is 1.34. The molecule has 0 spiro atoms. The summed E-state index contributed by atoms with van der Waals surface area (Å²) in [5.41, 5.74) is 5.05. The third-order valence-electron chi connectivity index (χ3n) is 0.614. The van der Waals surface area contributed by atoms with Crippen LogP contribution in [0.1, 0.15) is 10.5 Å². The van der Waals surface area contributed by atoms with E-state index in [4.69, 9.17) is 5.73 Å². The van der Waals surface area contributed by atoms with Crippen molar-refractivity contribution in [2.24, 2.45) is 5.73 Å². The Balaban J connectivity index is 2.93. The van der Waals surface area contributed by atoms with Gasteiger partial charge in [0.15, 0.2) is 5.69 Å². The molecule has 0 bridgehead atoms. The highest BCUT2D eigenvalue weighted by atomic mass is 32.1. The van der Waals surface area contributed by atoms with E-state index < -0.39 is 5.91 Å². The van der Waals surface area contributed by atoms with E-state index in [-0.39, 0.29) is 5.69 Å². The van der Waals surface area contributed by atoms with Gasteiger partial charge < -0.3 is 5.73 Å². The number of carbonyl (C=O) groups is 1. The number of aromatic nitrogens is 2. The lowest BCUT2D eigenvalue weighted by atomic mass is 10.5. The molecule has 0 aliphatic heterocycles. The van der Waals surface area contributed by atoms with Crippen molar-refractivity contribution in [3.8, 4) is 0 Å². The molecule has 0 radical (unpaired) electrons. The van der Waals surface area contributed by atoms with Crippen molar-refractivity contribution in [2.45, 2.75) is 0 Å². The second-order valence-corrected chi connectivity index (χ2v) is 1.71. The zero-order valence-corrected chi connectivity index (χ0v) is 4.68. The van der Waals surface area contributed by atoms with E-state index in [0.717, 1.165) is 11.7 Å². The molecule has 1 amide bonds. The Morgan fingerprint density at radius 3 is 2.88 bits per heavy atom. The monoisotopic (exact) mass is 129 g/mol. The molecule has 1 heterocycles. The second kappa shape index (κ2) is 1.87. The summed E-state index contributed by atoms with van der Waals surface area (Å²) in [7, 11) is 0. The van der Waals surface area contributed by atoms with Gasteiger partial charge in [-0.15, -0.1) is 0 Å². The van der Waals surface area contributed by atoms with E-state index in [2.05, 4.69) is 8.75 Å². The first-order chi connectivity index (χ1) is 3.80. The maximum Gasteiger partial charge on any atom is 0.270 e. The average molecular weight is 129 g/mol. The smallest absolute Gasteiger partial charge is 0.270 e.